The van der Waals surface area contributed by atoms with Gasteiger partial charge in [0.2, 0.25) is 0 Å². The second-order valence-corrected chi connectivity index (χ2v) is 19.9. The molecule has 1 aromatic heterocycles. The molecule has 3 aliphatic heterocycles. The van der Waals surface area contributed by atoms with Crippen molar-refractivity contribution in [1.82, 2.24) is 0 Å². The van der Waals surface area contributed by atoms with E-state index in [4.69, 9.17) is 4.42 Å². The first-order valence-electron chi connectivity index (χ1n) is 22.4. The normalized spacial score (nSPS) is 17.3. The summed E-state index contributed by atoms with van der Waals surface area (Å²) >= 11 is 0. The molecule has 0 saturated heterocycles. The summed E-state index contributed by atoms with van der Waals surface area (Å²) in [4.78, 5) is 5.36. The minimum absolute atomic E-state index is 0.0546. The lowest BCUT2D eigenvalue weighted by Crippen LogP contribution is -2.62. The molecule has 2 aliphatic carbocycles. The fourth-order valence-corrected chi connectivity index (χ4v) is 13.0. The minimum atomic E-state index is -0.490. The van der Waals surface area contributed by atoms with Crippen molar-refractivity contribution in [2.75, 3.05) is 9.71 Å². The highest BCUT2D eigenvalue weighted by atomic mass is 16.3. The Kier molecular flexibility index (Phi) is 6.51. The maximum absolute atomic E-state index is 6.68. The van der Waals surface area contributed by atoms with Crippen molar-refractivity contribution in [2.45, 2.75) is 63.7 Å². The number of rotatable bonds is 1. The van der Waals surface area contributed by atoms with Crippen LogP contribution in [-0.4, -0.2) is 6.85 Å². The van der Waals surface area contributed by atoms with Crippen LogP contribution in [0.3, 0.4) is 0 Å². The van der Waals surface area contributed by atoms with E-state index in [-0.39, 0.29) is 17.7 Å². The molecule has 0 bridgehead atoms. The Bertz CT molecular complexity index is 3430. The van der Waals surface area contributed by atoms with Crippen LogP contribution in [0, 0.1) is 6.92 Å². The van der Waals surface area contributed by atoms with Crippen molar-refractivity contribution in [3.8, 4) is 22.3 Å². The van der Waals surface area contributed by atoms with Crippen molar-refractivity contribution in [1.29, 1.82) is 0 Å². The van der Waals surface area contributed by atoms with Gasteiger partial charge >= 0.3 is 6.85 Å². The smallest absolute Gasteiger partial charge is 0.333 e. The summed E-state index contributed by atoms with van der Waals surface area (Å²) in [6.07, 6.45) is 2.35. The van der Waals surface area contributed by atoms with Crippen LogP contribution in [0.1, 0.15) is 79.5 Å². The van der Waals surface area contributed by atoms with E-state index in [9.17, 15) is 0 Å². The van der Waals surface area contributed by atoms with Gasteiger partial charge in [-0.2, -0.15) is 0 Å². The summed E-state index contributed by atoms with van der Waals surface area (Å²) in [7, 11) is 0. The van der Waals surface area contributed by atoms with Crippen molar-refractivity contribution in [3.05, 3.63) is 197 Å². The number of hydrogen-bond donors (Lipinski definition) is 0. The summed E-state index contributed by atoms with van der Waals surface area (Å²) in [5.74, 6) is 0. The van der Waals surface area contributed by atoms with Gasteiger partial charge in [-0.25, -0.2) is 0 Å². The third-order valence-corrected chi connectivity index (χ3v) is 15.7. The maximum atomic E-state index is 6.68. The Morgan fingerprint density at radius 2 is 1.19 bits per heavy atom. The highest BCUT2D eigenvalue weighted by Gasteiger charge is 2.56. The van der Waals surface area contributed by atoms with Crippen LogP contribution < -0.4 is 20.6 Å². The highest BCUT2D eigenvalue weighted by molar-refractivity contribution is 6.93. The molecule has 0 N–H and O–H groups in total. The van der Waals surface area contributed by atoms with Crippen molar-refractivity contribution in [3.63, 3.8) is 0 Å². The van der Waals surface area contributed by atoms with Gasteiger partial charge in [0.25, 0.3) is 0 Å². The number of fused-ring (bicyclic) bond motifs is 18. The Morgan fingerprint density at radius 3 is 1.98 bits per heavy atom. The van der Waals surface area contributed by atoms with Crippen LogP contribution in [0.5, 0.6) is 0 Å². The number of aryl methyl sites for hydroxylation is 1. The van der Waals surface area contributed by atoms with Crippen LogP contribution in [0.15, 0.2) is 162 Å². The zero-order valence-electron chi connectivity index (χ0n) is 35.8. The molecule has 14 rings (SSSR count). The average Bonchev–Trinajstić information content (AvgIpc) is 3.81. The first-order valence-corrected chi connectivity index (χ1v) is 22.4. The van der Waals surface area contributed by atoms with Gasteiger partial charge in [0.1, 0.15) is 11.2 Å². The summed E-state index contributed by atoms with van der Waals surface area (Å²) in [6, 6.07) is 60.4. The first kappa shape index (κ1) is 34.9. The number of anilines is 5. The fraction of sp³-hybridized carbons (Fsp3) is 0.172. The highest BCUT2D eigenvalue weighted by Crippen LogP contribution is 2.64. The predicted molar refractivity (Wildman–Crippen MR) is 258 cm³/mol. The molecule has 0 radical (unpaired) electrons. The molecule has 0 unspecified atom stereocenters. The Hall–Kier alpha value is -6.78. The molecule has 5 aliphatic rings. The topological polar surface area (TPSA) is 19.6 Å². The number of para-hydroxylation sites is 3. The molecular formula is C58H45BN2O. The zero-order valence-corrected chi connectivity index (χ0v) is 35.8. The van der Waals surface area contributed by atoms with Gasteiger partial charge in [-0.1, -0.05) is 143 Å². The van der Waals surface area contributed by atoms with E-state index in [0.29, 0.717) is 0 Å². The summed E-state index contributed by atoms with van der Waals surface area (Å²) in [5.41, 5.74) is 25.2. The van der Waals surface area contributed by atoms with E-state index < -0.39 is 5.41 Å². The van der Waals surface area contributed by atoms with Crippen LogP contribution >= 0.6 is 0 Å². The lowest BCUT2D eigenvalue weighted by molar-refractivity contribution is 0.332. The molecule has 62 heavy (non-hydrogen) atoms. The molecule has 0 atom stereocenters. The molecule has 0 fully saturated rings. The van der Waals surface area contributed by atoms with Gasteiger partial charge in [-0.3, -0.25) is 0 Å². The molecule has 9 aromatic rings. The molecular weight excluding hydrogens is 751 g/mol. The molecule has 3 nitrogen and oxygen atoms in total. The Morgan fingerprint density at radius 1 is 0.516 bits per heavy atom. The van der Waals surface area contributed by atoms with Crippen molar-refractivity contribution in [2.24, 2.45) is 0 Å². The Labute approximate surface area is 363 Å². The maximum Gasteiger partial charge on any atom is 0.333 e. The van der Waals surface area contributed by atoms with Crippen LogP contribution in [0.4, 0.5) is 28.4 Å². The molecule has 4 heterocycles. The third-order valence-electron chi connectivity index (χ3n) is 15.7. The number of nitrogens with zero attached hydrogens (tertiary/aromatic N) is 2. The second-order valence-electron chi connectivity index (χ2n) is 19.9. The Balaban J connectivity index is 1.14. The van der Waals surface area contributed by atoms with Gasteiger partial charge in [-0.15, -0.1) is 0 Å². The standard InChI is InChI=1S/C58H45BN2O/c1-34-31-39-52-48(27-28-51-53(52)38-17-8-13-24-50(38)62-51)61(35-25-26-42-45(33-35)57(4,5)30-29-56(42,2)3)59-46-22-14-21-44-55(46)60(49(32-34)54(39)59)47-23-12-11-20-43(47)58(44)40-18-9-6-15-36(40)37-16-7-10-19-41(37)58/h6-28,31-33H,29-30H2,1-5H3. The van der Waals surface area contributed by atoms with E-state index in [2.05, 4.69) is 202 Å². The van der Waals surface area contributed by atoms with Gasteiger partial charge in [0, 0.05) is 39.1 Å². The van der Waals surface area contributed by atoms with E-state index in [1.54, 1.807) is 0 Å². The zero-order chi connectivity index (χ0) is 41.4. The number of hydrogen-bond acceptors (Lipinski definition) is 3. The molecule has 296 valence electrons. The fourth-order valence-electron chi connectivity index (χ4n) is 13.0. The van der Waals surface area contributed by atoms with E-state index in [1.807, 2.05) is 0 Å². The van der Waals surface area contributed by atoms with Gasteiger partial charge < -0.3 is 14.1 Å². The minimum Gasteiger partial charge on any atom is -0.456 e. The second kappa shape index (κ2) is 11.6. The van der Waals surface area contributed by atoms with Crippen molar-refractivity contribution < 1.29 is 4.42 Å². The van der Waals surface area contributed by atoms with Crippen molar-refractivity contribution >= 4 is 68.1 Å². The molecule has 0 saturated carbocycles. The lowest BCUT2D eigenvalue weighted by atomic mass is 9.42. The monoisotopic (exact) mass is 796 g/mol. The van der Waals surface area contributed by atoms with Crippen LogP contribution in [0.25, 0.3) is 44.2 Å². The van der Waals surface area contributed by atoms with Crippen LogP contribution in [0.2, 0.25) is 0 Å². The molecule has 4 heteroatoms. The van der Waals surface area contributed by atoms with E-state index in [1.165, 1.54) is 112 Å². The first-order chi connectivity index (χ1) is 30.2. The number of benzene rings is 8. The largest absolute Gasteiger partial charge is 0.456 e. The summed E-state index contributed by atoms with van der Waals surface area (Å²) < 4.78 is 6.68. The quantitative estimate of drug-likeness (QED) is 0.154. The van der Waals surface area contributed by atoms with E-state index >= 15 is 0 Å². The number of furan rings is 1. The van der Waals surface area contributed by atoms with Gasteiger partial charge in [0.05, 0.1) is 11.1 Å². The van der Waals surface area contributed by atoms with Gasteiger partial charge in [0.15, 0.2) is 0 Å². The third kappa shape index (κ3) is 4.10. The van der Waals surface area contributed by atoms with Gasteiger partial charge in [-0.05, 0) is 140 Å². The van der Waals surface area contributed by atoms with E-state index in [0.717, 1.165) is 23.0 Å². The SMILES string of the molecule is Cc1cc2c3c(c1)N1c4ccccc4C4(c5ccccc5-c5ccccc54)c4cccc(c41)B3N(c1ccc3c(c1)C(C)(C)CCC3(C)C)c1ccc3oc4ccccc4c3c1-2. The average molecular weight is 797 g/mol. The summed E-state index contributed by atoms with van der Waals surface area (Å²) in [5, 5.41) is 2.34. The molecule has 0 amide bonds. The predicted octanol–water partition coefficient (Wildman–Crippen LogP) is 13.6. The summed E-state index contributed by atoms with van der Waals surface area (Å²) in [6.45, 7) is 11.9. The molecule has 1 spiro atoms. The molecule has 8 aromatic carbocycles. The lowest BCUT2D eigenvalue weighted by Gasteiger charge is -2.51. The van der Waals surface area contributed by atoms with Crippen LogP contribution in [-0.2, 0) is 16.2 Å².